The molecule has 1 aliphatic rings. The Morgan fingerprint density at radius 1 is 1.07 bits per heavy atom. The van der Waals surface area contributed by atoms with Crippen molar-refractivity contribution < 1.29 is 9.53 Å². The Bertz CT molecular complexity index is 1000. The molecule has 1 N–H and O–H groups in total. The molecule has 3 aromatic rings. The molecule has 0 fully saturated rings. The number of ether oxygens (including phenoxy) is 1. The summed E-state index contributed by atoms with van der Waals surface area (Å²) in [6.45, 7) is 4.78. The lowest BCUT2D eigenvalue weighted by molar-refractivity contribution is 0.102. The molecule has 0 atom stereocenters. The second-order valence-corrected chi connectivity index (χ2v) is 7.26. The van der Waals surface area contributed by atoms with Gasteiger partial charge in [0.25, 0.3) is 5.91 Å². The van der Waals surface area contributed by atoms with E-state index in [0.29, 0.717) is 11.4 Å². The van der Waals surface area contributed by atoms with Crippen molar-refractivity contribution in [3.8, 4) is 5.75 Å². The maximum absolute atomic E-state index is 12.7. The number of hydrogen-bond donors (Lipinski definition) is 1. The number of carbonyl (C=O) groups is 1. The number of aromatic nitrogens is 2. The van der Waals surface area contributed by atoms with Crippen molar-refractivity contribution in [2.24, 2.45) is 0 Å². The van der Waals surface area contributed by atoms with Crippen LogP contribution in [0.5, 0.6) is 5.75 Å². The van der Waals surface area contributed by atoms with Crippen LogP contribution in [0.25, 0.3) is 0 Å². The fourth-order valence-electron chi connectivity index (χ4n) is 3.46. The van der Waals surface area contributed by atoms with E-state index in [1.165, 1.54) is 11.8 Å². The van der Waals surface area contributed by atoms with Gasteiger partial charge in [0.1, 0.15) is 11.4 Å². The van der Waals surface area contributed by atoms with Crippen molar-refractivity contribution in [2.45, 2.75) is 32.8 Å². The SMILES string of the molecule is CC(C)Oc1ccccc1NC(=O)c1cnc(N2CCCc3ccccc32)cn1. The number of carbonyl (C=O) groups excluding carboxylic acids is 1. The Morgan fingerprint density at radius 3 is 2.66 bits per heavy atom. The predicted octanol–water partition coefficient (Wildman–Crippen LogP) is 4.60. The first-order valence-corrected chi connectivity index (χ1v) is 9.86. The number of aryl methyl sites for hydroxylation is 1. The normalized spacial score (nSPS) is 13.1. The van der Waals surface area contributed by atoms with Gasteiger partial charge in [-0.05, 0) is 50.5 Å². The summed E-state index contributed by atoms with van der Waals surface area (Å²) in [5.74, 6) is 1.06. The zero-order valence-electron chi connectivity index (χ0n) is 16.6. The van der Waals surface area contributed by atoms with Crippen LogP contribution in [0.15, 0.2) is 60.9 Å². The summed E-state index contributed by atoms with van der Waals surface area (Å²) in [6, 6.07) is 15.7. The van der Waals surface area contributed by atoms with Crippen molar-refractivity contribution in [3.63, 3.8) is 0 Å². The fourth-order valence-corrected chi connectivity index (χ4v) is 3.46. The standard InChI is InChI=1S/C23H24N4O2/c1-16(2)29-21-12-6-4-10-18(21)26-23(28)19-14-25-22(15-24-19)27-13-7-9-17-8-3-5-11-20(17)27/h3-6,8,10-12,14-16H,7,9,13H2,1-2H3,(H,26,28). The van der Waals surface area contributed by atoms with Crippen molar-refractivity contribution in [2.75, 3.05) is 16.8 Å². The molecule has 1 amide bonds. The number of para-hydroxylation sites is 3. The first-order chi connectivity index (χ1) is 14.1. The number of amides is 1. The number of rotatable bonds is 5. The van der Waals surface area contributed by atoms with Gasteiger partial charge >= 0.3 is 0 Å². The van der Waals surface area contributed by atoms with Crippen LogP contribution in [-0.2, 0) is 6.42 Å². The van der Waals surface area contributed by atoms with Gasteiger partial charge in [0.2, 0.25) is 0 Å². The molecule has 2 aromatic carbocycles. The highest BCUT2D eigenvalue weighted by Gasteiger charge is 2.20. The second-order valence-electron chi connectivity index (χ2n) is 7.26. The van der Waals surface area contributed by atoms with Crippen molar-refractivity contribution >= 4 is 23.1 Å². The minimum atomic E-state index is -0.317. The highest BCUT2D eigenvalue weighted by Crippen LogP contribution is 2.32. The van der Waals surface area contributed by atoms with Crippen LogP contribution in [0, 0.1) is 0 Å². The maximum atomic E-state index is 12.7. The molecule has 1 aliphatic heterocycles. The van der Waals surface area contributed by atoms with Crippen molar-refractivity contribution in [1.29, 1.82) is 0 Å². The van der Waals surface area contributed by atoms with Gasteiger partial charge in [-0.2, -0.15) is 0 Å². The zero-order valence-corrected chi connectivity index (χ0v) is 16.6. The predicted molar refractivity (Wildman–Crippen MR) is 114 cm³/mol. The van der Waals surface area contributed by atoms with E-state index in [1.807, 2.05) is 44.2 Å². The lowest BCUT2D eigenvalue weighted by atomic mass is 10.0. The van der Waals surface area contributed by atoms with Gasteiger partial charge in [0.15, 0.2) is 5.82 Å². The van der Waals surface area contributed by atoms with E-state index >= 15 is 0 Å². The molecule has 0 aliphatic carbocycles. The average Bonchev–Trinajstić information content (AvgIpc) is 2.74. The summed E-state index contributed by atoms with van der Waals surface area (Å²) in [4.78, 5) is 23.7. The highest BCUT2D eigenvalue weighted by molar-refractivity contribution is 6.03. The summed E-state index contributed by atoms with van der Waals surface area (Å²) in [7, 11) is 0. The molecule has 1 aromatic heterocycles. The van der Waals surface area contributed by atoms with Crippen molar-refractivity contribution in [3.05, 3.63) is 72.2 Å². The van der Waals surface area contributed by atoms with Gasteiger partial charge in [-0.3, -0.25) is 4.79 Å². The molecule has 2 heterocycles. The van der Waals surface area contributed by atoms with Crippen LogP contribution < -0.4 is 15.0 Å². The topological polar surface area (TPSA) is 67.3 Å². The van der Waals surface area contributed by atoms with Gasteiger partial charge in [0, 0.05) is 12.2 Å². The Hall–Kier alpha value is -3.41. The molecule has 0 saturated heterocycles. The number of benzene rings is 2. The first kappa shape index (κ1) is 18.9. The number of nitrogens with zero attached hydrogens (tertiary/aromatic N) is 3. The molecular weight excluding hydrogens is 364 g/mol. The van der Waals surface area contributed by atoms with E-state index in [0.717, 1.165) is 30.9 Å². The minimum absolute atomic E-state index is 0.0135. The molecular formula is C23H24N4O2. The Balaban J connectivity index is 1.51. The van der Waals surface area contributed by atoms with Crippen LogP contribution in [0.4, 0.5) is 17.2 Å². The van der Waals surface area contributed by atoms with Crippen molar-refractivity contribution in [1.82, 2.24) is 9.97 Å². The monoisotopic (exact) mass is 388 g/mol. The molecule has 6 nitrogen and oxygen atoms in total. The van der Waals surface area contributed by atoms with E-state index in [1.54, 1.807) is 6.20 Å². The quantitative estimate of drug-likeness (QED) is 0.692. The maximum Gasteiger partial charge on any atom is 0.275 e. The van der Waals surface area contributed by atoms with Crippen LogP contribution in [0.3, 0.4) is 0 Å². The molecule has 0 saturated carbocycles. The van der Waals surface area contributed by atoms with E-state index in [-0.39, 0.29) is 17.7 Å². The molecule has 148 valence electrons. The third-order valence-electron chi connectivity index (χ3n) is 4.76. The van der Waals surface area contributed by atoms with Gasteiger partial charge in [-0.25, -0.2) is 9.97 Å². The third-order valence-corrected chi connectivity index (χ3v) is 4.76. The van der Waals surface area contributed by atoms with Gasteiger partial charge in [-0.15, -0.1) is 0 Å². The summed E-state index contributed by atoms with van der Waals surface area (Å²) < 4.78 is 5.76. The Morgan fingerprint density at radius 2 is 1.86 bits per heavy atom. The average molecular weight is 388 g/mol. The molecule has 0 bridgehead atoms. The van der Waals surface area contributed by atoms with Crippen LogP contribution in [0.2, 0.25) is 0 Å². The Labute approximate surface area is 170 Å². The minimum Gasteiger partial charge on any atom is -0.489 e. The van der Waals surface area contributed by atoms with Gasteiger partial charge < -0.3 is 15.0 Å². The summed E-state index contributed by atoms with van der Waals surface area (Å²) >= 11 is 0. The Kier molecular flexibility index (Phi) is 5.42. The van der Waals surface area contributed by atoms with E-state index < -0.39 is 0 Å². The van der Waals surface area contributed by atoms with Crippen LogP contribution in [-0.4, -0.2) is 28.5 Å². The molecule has 29 heavy (non-hydrogen) atoms. The fraction of sp³-hybridized carbons (Fsp3) is 0.261. The molecule has 0 spiro atoms. The van der Waals surface area contributed by atoms with E-state index in [9.17, 15) is 4.79 Å². The third kappa shape index (κ3) is 4.21. The number of fused-ring (bicyclic) bond motifs is 1. The first-order valence-electron chi connectivity index (χ1n) is 9.86. The van der Waals surface area contributed by atoms with E-state index in [4.69, 9.17) is 4.74 Å². The number of anilines is 3. The molecule has 0 unspecified atom stereocenters. The van der Waals surface area contributed by atoms with Gasteiger partial charge in [-0.1, -0.05) is 30.3 Å². The van der Waals surface area contributed by atoms with Crippen LogP contribution >= 0.6 is 0 Å². The lowest BCUT2D eigenvalue weighted by Gasteiger charge is -2.30. The van der Waals surface area contributed by atoms with Crippen LogP contribution in [0.1, 0.15) is 36.3 Å². The number of nitrogens with one attached hydrogen (secondary N) is 1. The van der Waals surface area contributed by atoms with Gasteiger partial charge in [0.05, 0.1) is 24.2 Å². The molecule has 6 heteroatoms. The smallest absolute Gasteiger partial charge is 0.275 e. The summed E-state index contributed by atoms with van der Waals surface area (Å²) in [5, 5.41) is 2.87. The lowest BCUT2D eigenvalue weighted by Crippen LogP contribution is -2.25. The molecule has 4 rings (SSSR count). The zero-order chi connectivity index (χ0) is 20.2. The largest absolute Gasteiger partial charge is 0.489 e. The molecule has 0 radical (unpaired) electrons. The highest BCUT2D eigenvalue weighted by atomic mass is 16.5. The second kappa shape index (κ2) is 8.31. The van der Waals surface area contributed by atoms with E-state index in [2.05, 4.69) is 38.4 Å². The summed E-state index contributed by atoms with van der Waals surface area (Å²) in [6.07, 6.45) is 5.33. The number of hydrogen-bond acceptors (Lipinski definition) is 5. The summed E-state index contributed by atoms with van der Waals surface area (Å²) in [5.41, 5.74) is 3.34.